The smallest absolute Gasteiger partial charge is 0.322 e. The minimum Gasteiger partial charge on any atom is -0.371 e. The minimum atomic E-state index is -0.726. The molecule has 1 spiro atoms. The van der Waals surface area contributed by atoms with E-state index in [1.54, 1.807) is 0 Å². The zero-order valence-electron chi connectivity index (χ0n) is 12.0. The number of carbonyl (C=O) groups excluding carboxylic acids is 2. The van der Waals surface area contributed by atoms with Crippen LogP contribution >= 0.6 is 0 Å². The molecule has 0 saturated carbocycles. The number of carbonyl (C=O) groups is 2. The van der Waals surface area contributed by atoms with Gasteiger partial charge in [0.05, 0.1) is 5.52 Å². The highest BCUT2D eigenvalue weighted by molar-refractivity contribution is 6.07. The number of amides is 3. The predicted molar refractivity (Wildman–Crippen MR) is 82.6 cm³/mol. The summed E-state index contributed by atoms with van der Waals surface area (Å²) >= 11 is 0. The molecule has 0 bridgehead atoms. The summed E-state index contributed by atoms with van der Waals surface area (Å²) in [6, 6.07) is 9.66. The van der Waals surface area contributed by atoms with Crippen LogP contribution in [0.4, 0.5) is 10.5 Å². The predicted octanol–water partition coefficient (Wildman–Crippen LogP) is 1.41. The van der Waals surface area contributed by atoms with Gasteiger partial charge in [0.1, 0.15) is 5.54 Å². The van der Waals surface area contributed by atoms with Gasteiger partial charge in [0, 0.05) is 30.4 Å². The summed E-state index contributed by atoms with van der Waals surface area (Å²) in [5, 5.41) is 6.25. The fourth-order valence-corrected chi connectivity index (χ4v) is 3.37. The van der Waals surface area contributed by atoms with Crippen molar-refractivity contribution >= 4 is 28.5 Å². The van der Waals surface area contributed by atoms with E-state index in [4.69, 9.17) is 0 Å². The highest BCUT2D eigenvalue weighted by atomic mass is 16.2. The molecule has 3 amide bonds. The summed E-state index contributed by atoms with van der Waals surface area (Å²) in [5.41, 5.74) is 1.37. The fraction of sp³-hybridized carbons (Fsp3) is 0.312. The van der Waals surface area contributed by atoms with Crippen LogP contribution in [-0.4, -0.2) is 35.6 Å². The summed E-state index contributed by atoms with van der Waals surface area (Å²) < 4.78 is 0. The van der Waals surface area contributed by atoms with E-state index in [0.717, 1.165) is 29.7 Å². The van der Waals surface area contributed by atoms with E-state index in [0.29, 0.717) is 12.8 Å². The first kappa shape index (κ1) is 13.1. The van der Waals surface area contributed by atoms with Gasteiger partial charge in [0.25, 0.3) is 5.91 Å². The lowest BCUT2D eigenvalue weighted by atomic mass is 9.87. The maximum atomic E-state index is 12.0. The van der Waals surface area contributed by atoms with Gasteiger partial charge in [0.2, 0.25) is 0 Å². The standard InChI is InChI=1S/C16H16N4O2/c21-14-16(19-15(22)18-14)6-9-20(10-7-16)13-5-8-17-12-4-2-1-3-11(12)13/h1-5,8H,6-7,9-10H2,(H2,18,19,21,22). The minimum absolute atomic E-state index is 0.197. The van der Waals surface area contributed by atoms with Crippen LogP contribution < -0.4 is 15.5 Å². The van der Waals surface area contributed by atoms with Gasteiger partial charge in [-0.05, 0) is 25.0 Å². The maximum Gasteiger partial charge on any atom is 0.322 e. The van der Waals surface area contributed by atoms with Gasteiger partial charge < -0.3 is 10.2 Å². The van der Waals surface area contributed by atoms with Crippen LogP contribution in [0, 0.1) is 0 Å². The van der Waals surface area contributed by atoms with Crippen molar-refractivity contribution < 1.29 is 9.59 Å². The van der Waals surface area contributed by atoms with Gasteiger partial charge in [-0.3, -0.25) is 15.1 Å². The SMILES string of the molecule is O=C1NC(=O)C2(CCN(c3ccnc4ccccc34)CC2)N1. The molecule has 2 saturated heterocycles. The number of aromatic nitrogens is 1. The van der Waals surface area contributed by atoms with E-state index in [1.165, 1.54) is 0 Å². The lowest BCUT2D eigenvalue weighted by molar-refractivity contribution is -0.124. The Kier molecular flexibility index (Phi) is 2.79. The molecule has 112 valence electrons. The zero-order valence-corrected chi connectivity index (χ0v) is 12.0. The number of nitrogens with zero attached hydrogens (tertiary/aromatic N) is 2. The number of para-hydroxylation sites is 1. The van der Waals surface area contributed by atoms with Gasteiger partial charge >= 0.3 is 6.03 Å². The summed E-state index contributed by atoms with van der Waals surface area (Å²) in [6.45, 7) is 1.45. The van der Waals surface area contributed by atoms with Gasteiger partial charge in [0.15, 0.2) is 0 Å². The number of rotatable bonds is 1. The second-order valence-corrected chi connectivity index (χ2v) is 5.82. The van der Waals surface area contributed by atoms with Crippen LogP contribution in [0.1, 0.15) is 12.8 Å². The Balaban J connectivity index is 1.61. The Morgan fingerprint density at radius 3 is 2.59 bits per heavy atom. The van der Waals surface area contributed by atoms with E-state index in [2.05, 4.69) is 26.6 Å². The van der Waals surface area contributed by atoms with Gasteiger partial charge in [-0.15, -0.1) is 0 Å². The third-order valence-electron chi connectivity index (χ3n) is 4.60. The molecule has 2 N–H and O–H groups in total. The molecule has 6 nitrogen and oxygen atoms in total. The second kappa shape index (κ2) is 4.69. The molecule has 0 aliphatic carbocycles. The quantitative estimate of drug-likeness (QED) is 0.780. The number of anilines is 1. The number of pyridine rings is 1. The Morgan fingerprint density at radius 1 is 1.09 bits per heavy atom. The first-order valence-electron chi connectivity index (χ1n) is 7.40. The monoisotopic (exact) mass is 296 g/mol. The molecule has 3 heterocycles. The Morgan fingerprint density at radius 2 is 1.86 bits per heavy atom. The summed E-state index contributed by atoms with van der Waals surface area (Å²) in [7, 11) is 0. The van der Waals surface area contributed by atoms with E-state index in [1.807, 2.05) is 30.5 Å². The fourth-order valence-electron chi connectivity index (χ4n) is 3.37. The van der Waals surface area contributed by atoms with Gasteiger partial charge in [-0.2, -0.15) is 0 Å². The van der Waals surface area contributed by atoms with Crippen LogP contribution in [0.2, 0.25) is 0 Å². The topological polar surface area (TPSA) is 74.3 Å². The number of piperidine rings is 1. The molecule has 0 atom stereocenters. The number of fused-ring (bicyclic) bond motifs is 1. The molecule has 2 fully saturated rings. The average molecular weight is 296 g/mol. The molecule has 2 aliphatic heterocycles. The normalized spacial score (nSPS) is 20.3. The maximum absolute atomic E-state index is 12.0. The van der Waals surface area contributed by atoms with Crippen molar-refractivity contribution in [3.05, 3.63) is 36.5 Å². The number of hydrogen-bond donors (Lipinski definition) is 2. The lowest BCUT2D eigenvalue weighted by Crippen LogP contribution is -2.54. The van der Waals surface area contributed by atoms with Gasteiger partial charge in [-0.25, -0.2) is 4.79 Å². The first-order chi connectivity index (χ1) is 10.7. The molecule has 0 radical (unpaired) electrons. The zero-order chi connectivity index (χ0) is 15.2. The molecule has 2 aliphatic rings. The highest BCUT2D eigenvalue weighted by Crippen LogP contribution is 2.31. The van der Waals surface area contributed by atoms with Crippen molar-refractivity contribution in [1.29, 1.82) is 0 Å². The summed E-state index contributed by atoms with van der Waals surface area (Å²) in [4.78, 5) is 30.0. The molecule has 6 heteroatoms. The largest absolute Gasteiger partial charge is 0.371 e. The molecule has 2 aromatic rings. The highest BCUT2D eigenvalue weighted by Gasteiger charge is 2.47. The summed E-state index contributed by atoms with van der Waals surface area (Å²) in [6.07, 6.45) is 3.04. The van der Waals surface area contributed by atoms with E-state index < -0.39 is 5.54 Å². The van der Waals surface area contributed by atoms with Crippen molar-refractivity contribution in [3.8, 4) is 0 Å². The molecule has 22 heavy (non-hydrogen) atoms. The third-order valence-corrected chi connectivity index (χ3v) is 4.60. The number of urea groups is 1. The first-order valence-corrected chi connectivity index (χ1v) is 7.40. The Labute approximate surface area is 127 Å². The Bertz CT molecular complexity index is 760. The molecule has 1 aromatic carbocycles. The average Bonchev–Trinajstić information content (AvgIpc) is 2.81. The Hall–Kier alpha value is -2.63. The molecule has 4 rings (SSSR count). The van der Waals surface area contributed by atoms with Crippen LogP contribution in [0.5, 0.6) is 0 Å². The third kappa shape index (κ3) is 1.91. The number of imide groups is 1. The second-order valence-electron chi connectivity index (χ2n) is 5.82. The van der Waals surface area contributed by atoms with E-state index in [-0.39, 0.29) is 11.9 Å². The number of nitrogens with one attached hydrogen (secondary N) is 2. The lowest BCUT2D eigenvalue weighted by Gasteiger charge is -2.38. The van der Waals surface area contributed by atoms with Crippen molar-refractivity contribution in [2.75, 3.05) is 18.0 Å². The molecule has 1 aromatic heterocycles. The van der Waals surface area contributed by atoms with Crippen molar-refractivity contribution in [3.63, 3.8) is 0 Å². The van der Waals surface area contributed by atoms with E-state index in [9.17, 15) is 9.59 Å². The summed E-state index contributed by atoms with van der Waals surface area (Å²) in [5.74, 6) is -0.197. The van der Waals surface area contributed by atoms with Crippen LogP contribution in [0.3, 0.4) is 0 Å². The van der Waals surface area contributed by atoms with Crippen LogP contribution in [-0.2, 0) is 4.79 Å². The van der Waals surface area contributed by atoms with Crippen LogP contribution in [0.25, 0.3) is 10.9 Å². The number of hydrogen-bond acceptors (Lipinski definition) is 4. The van der Waals surface area contributed by atoms with E-state index >= 15 is 0 Å². The molecule has 0 unspecified atom stereocenters. The molecular formula is C16H16N4O2. The van der Waals surface area contributed by atoms with Crippen molar-refractivity contribution in [2.45, 2.75) is 18.4 Å². The van der Waals surface area contributed by atoms with Crippen LogP contribution in [0.15, 0.2) is 36.5 Å². The van der Waals surface area contributed by atoms with Gasteiger partial charge in [-0.1, -0.05) is 18.2 Å². The molecular weight excluding hydrogens is 280 g/mol. The van der Waals surface area contributed by atoms with Crippen molar-refractivity contribution in [2.24, 2.45) is 0 Å². The number of benzene rings is 1. The van der Waals surface area contributed by atoms with Crippen molar-refractivity contribution in [1.82, 2.24) is 15.6 Å².